The molecule has 31 heavy (non-hydrogen) atoms. The third kappa shape index (κ3) is 6.34. The van der Waals surface area contributed by atoms with Crippen molar-refractivity contribution in [2.75, 3.05) is 31.6 Å². The highest BCUT2D eigenvalue weighted by atomic mass is 32.2. The number of alkyl halides is 3. The maximum atomic E-state index is 12.8. The number of halogens is 3. The second kappa shape index (κ2) is 9.56. The zero-order valence-electron chi connectivity index (χ0n) is 16.4. The van der Waals surface area contributed by atoms with Gasteiger partial charge in [0.15, 0.2) is 13.2 Å². The van der Waals surface area contributed by atoms with Crippen LogP contribution in [0.15, 0.2) is 53.4 Å². The number of hydrogen-bond acceptors (Lipinski definition) is 5. The van der Waals surface area contributed by atoms with Crippen molar-refractivity contribution < 1.29 is 35.9 Å². The number of ether oxygens (including phenoxy) is 2. The summed E-state index contributed by atoms with van der Waals surface area (Å²) in [7, 11) is -3.84. The molecule has 2 aromatic carbocycles. The van der Waals surface area contributed by atoms with E-state index in [0.29, 0.717) is 18.8 Å². The number of benzene rings is 2. The molecule has 1 fully saturated rings. The Balaban J connectivity index is 1.80. The van der Waals surface area contributed by atoms with Gasteiger partial charge in [0.1, 0.15) is 11.5 Å². The van der Waals surface area contributed by atoms with E-state index >= 15 is 0 Å². The van der Waals surface area contributed by atoms with Gasteiger partial charge in [0.25, 0.3) is 5.91 Å². The molecule has 2 aromatic rings. The first-order valence-electron chi connectivity index (χ1n) is 9.46. The number of rotatable bonds is 8. The Kier molecular flexibility index (Phi) is 7.06. The smallest absolute Gasteiger partial charge is 0.422 e. The van der Waals surface area contributed by atoms with E-state index in [1.54, 1.807) is 30.3 Å². The van der Waals surface area contributed by atoms with Crippen molar-refractivity contribution in [3.8, 4) is 11.5 Å². The number of nitrogens with zero attached hydrogens (tertiary/aromatic N) is 1. The molecule has 1 N–H and O–H groups in total. The molecule has 0 radical (unpaired) electrons. The second-order valence-electron chi connectivity index (χ2n) is 6.82. The van der Waals surface area contributed by atoms with Crippen LogP contribution in [0.2, 0.25) is 0 Å². The van der Waals surface area contributed by atoms with Crippen molar-refractivity contribution in [2.24, 2.45) is 0 Å². The maximum Gasteiger partial charge on any atom is 0.422 e. The lowest BCUT2D eigenvalue weighted by atomic mass is 10.3. The Labute approximate surface area is 177 Å². The average molecular weight is 458 g/mol. The summed E-state index contributed by atoms with van der Waals surface area (Å²) in [5, 5.41) is 2.38. The number of hydrogen-bond donors (Lipinski definition) is 1. The van der Waals surface area contributed by atoms with Crippen molar-refractivity contribution >= 4 is 21.6 Å². The molecule has 168 valence electrons. The molecular formula is C20H21F3N2O5S. The SMILES string of the molecule is O=C(COc1ccccc1)Nc1cc(S(=O)(=O)N2CCCC2)ccc1OCC(F)(F)F. The quantitative estimate of drug-likeness (QED) is 0.655. The lowest BCUT2D eigenvalue weighted by Crippen LogP contribution is -2.28. The molecule has 11 heteroatoms. The molecule has 0 spiro atoms. The molecule has 0 unspecified atom stereocenters. The van der Waals surface area contributed by atoms with Crippen LogP contribution >= 0.6 is 0 Å². The Hall–Kier alpha value is -2.79. The zero-order chi connectivity index (χ0) is 22.5. The van der Waals surface area contributed by atoms with Crippen LogP contribution in [0.1, 0.15) is 12.8 Å². The van der Waals surface area contributed by atoms with Crippen LogP contribution in [-0.2, 0) is 14.8 Å². The minimum Gasteiger partial charge on any atom is -0.484 e. The molecule has 0 aromatic heterocycles. The maximum absolute atomic E-state index is 12.8. The predicted molar refractivity (Wildman–Crippen MR) is 107 cm³/mol. The summed E-state index contributed by atoms with van der Waals surface area (Å²) in [6.07, 6.45) is -3.14. The summed E-state index contributed by atoms with van der Waals surface area (Å²) in [5.74, 6) is -0.557. The number of para-hydroxylation sites is 1. The van der Waals surface area contributed by atoms with Gasteiger partial charge < -0.3 is 14.8 Å². The number of amides is 1. The molecule has 1 heterocycles. The predicted octanol–water partition coefficient (Wildman–Crippen LogP) is 3.43. The van der Waals surface area contributed by atoms with Crippen LogP contribution in [-0.4, -0.2) is 51.1 Å². The molecule has 1 saturated heterocycles. The zero-order valence-corrected chi connectivity index (χ0v) is 17.2. The van der Waals surface area contributed by atoms with Gasteiger partial charge in [-0.1, -0.05) is 18.2 Å². The minimum atomic E-state index is -4.60. The first-order chi connectivity index (χ1) is 14.6. The average Bonchev–Trinajstić information content (AvgIpc) is 3.27. The minimum absolute atomic E-state index is 0.145. The lowest BCUT2D eigenvalue weighted by Gasteiger charge is -2.18. The summed E-state index contributed by atoms with van der Waals surface area (Å²) in [6, 6.07) is 11.8. The van der Waals surface area contributed by atoms with E-state index in [1.165, 1.54) is 4.31 Å². The second-order valence-corrected chi connectivity index (χ2v) is 8.76. The number of anilines is 1. The van der Waals surface area contributed by atoms with Crippen molar-refractivity contribution in [1.82, 2.24) is 4.31 Å². The topological polar surface area (TPSA) is 84.9 Å². The highest BCUT2D eigenvalue weighted by Gasteiger charge is 2.31. The van der Waals surface area contributed by atoms with E-state index in [2.05, 4.69) is 5.32 Å². The number of sulfonamides is 1. The molecule has 0 atom stereocenters. The lowest BCUT2D eigenvalue weighted by molar-refractivity contribution is -0.153. The van der Waals surface area contributed by atoms with Gasteiger partial charge in [-0.3, -0.25) is 4.79 Å². The number of carbonyl (C=O) groups excluding carboxylic acids is 1. The molecule has 0 aliphatic carbocycles. The van der Waals surface area contributed by atoms with E-state index in [9.17, 15) is 26.4 Å². The number of carbonyl (C=O) groups is 1. The molecule has 0 saturated carbocycles. The summed E-state index contributed by atoms with van der Waals surface area (Å²) >= 11 is 0. The van der Waals surface area contributed by atoms with Gasteiger partial charge in [-0.25, -0.2) is 8.42 Å². The van der Waals surface area contributed by atoms with E-state index < -0.39 is 35.3 Å². The van der Waals surface area contributed by atoms with Gasteiger partial charge in [-0.15, -0.1) is 0 Å². The van der Waals surface area contributed by atoms with Gasteiger partial charge in [0, 0.05) is 13.1 Å². The highest BCUT2D eigenvalue weighted by molar-refractivity contribution is 7.89. The molecule has 1 aliphatic rings. The monoisotopic (exact) mass is 458 g/mol. The van der Waals surface area contributed by atoms with Crippen LogP contribution in [0.5, 0.6) is 11.5 Å². The van der Waals surface area contributed by atoms with Crippen LogP contribution in [0, 0.1) is 0 Å². The van der Waals surface area contributed by atoms with Crippen LogP contribution in [0.4, 0.5) is 18.9 Å². The normalized spacial score (nSPS) is 14.9. The van der Waals surface area contributed by atoms with Gasteiger partial charge >= 0.3 is 6.18 Å². The first-order valence-corrected chi connectivity index (χ1v) is 10.9. The van der Waals surface area contributed by atoms with E-state index in [4.69, 9.17) is 9.47 Å². The summed E-state index contributed by atoms with van der Waals surface area (Å²) < 4.78 is 74.7. The number of nitrogens with one attached hydrogen (secondary N) is 1. The van der Waals surface area contributed by atoms with Crippen LogP contribution in [0.3, 0.4) is 0 Å². The molecule has 0 bridgehead atoms. The van der Waals surface area contributed by atoms with Crippen molar-refractivity contribution in [3.05, 3.63) is 48.5 Å². The Morgan fingerprint density at radius 2 is 1.71 bits per heavy atom. The molecule has 3 rings (SSSR count). The fraction of sp³-hybridized carbons (Fsp3) is 0.350. The van der Waals surface area contributed by atoms with Gasteiger partial charge in [-0.2, -0.15) is 17.5 Å². The van der Waals surface area contributed by atoms with Crippen LogP contribution in [0.25, 0.3) is 0 Å². The highest BCUT2D eigenvalue weighted by Crippen LogP contribution is 2.31. The first kappa shape index (κ1) is 22.9. The molecule has 1 amide bonds. The summed E-state index contributed by atoms with van der Waals surface area (Å²) in [4.78, 5) is 12.1. The Morgan fingerprint density at radius 3 is 2.35 bits per heavy atom. The molecular weight excluding hydrogens is 437 g/mol. The fourth-order valence-corrected chi connectivity index (χ4v) is 4.53. The Bertz CT molecular complexity index is 1010. The fourth-order valence-electron chi connectivity index (χ4n) is 2.98. The van der Waals surface area contributed by atoms with Crippen molar-refractivity contribution in [2.45, 2.75) is 23.9 Å². The summed E-state index contributed by atoms with van der Waals surface area (Å²) in [6.45, 7) is -1.29. The van der Waals surface area contributed by atoms with Gasteiger partial charge in [-0.05, 0) is 43.2 Å². The van der Waals surface area contributed by atoms with Crippen molar-refractivity contribution in [3.63, 3.8) is 0 Å². The van der Waals surface area contributed by atoms with Crippen molar-refractivity contribution in [1.29, 1.82) is 0 Å². The third-order valence-electron chi connectivity index (χ3n) is 4.43. The standard InChI is InChI=1S/C20H21F3N2O5S/c21-20(22,23)14-30-18-9-8-16(31(27,28)25-10-4-5-11-25)12-17(18)24-19(26)13-29-15-6-2-1-3-7-15/h1-3,6-9,12H,4-5,10-11,13-14H2,(H,24,26). The van der Waals surface area contributed by atoms with E-state index in [-0.39, 0.29) is 16.3 Å². The largest absolute Gasteiger partial charge is 0.484 e. The third-order valence-corrected chi connectivity index (χ3v) is 6.33. The Morgan fingerprint density at radius 1 is 1.03 bits per heavy atom. The van der Waals surface area contributed by atoms with Crippen LogP contribution < -0.4 is 14.8 Å². The molecule has 1 aliphatic heterocycles. The van der Waals surface area contributed by atoms with E-state index in [1.807, 2.05) is 0 Å². The van der Waals surface area contributed by atoms with E-state index in [0.717, 1.165) is 31.0 Å². The van der Waals surface area contributed by atoms with Gasteiger partial charge in [0.2, 0.25) is 10.0 Å². The summed E-state index contributed by atoms with van der Waals surface area (Å²) in [5.41, 5.74) is -0.189. The molecule has 7 nitrogen and oxygen atoms in total. The van der Waals surface area contributed by atoms with Gasteiger partial charge in [0.05, 0.1) is 10.6 Å².